The summed E-state index contributed by atoms with van der Waals surface area (Å²) in [6, 6.07) is 2.01. The van der Waals surface area contributed by atoms with Crippen LogP contribution in [0.5, 0.6) is 0 Å². The topological polar surface area (TPSA) is 87.8 Å². The molecule has 1 N–H and O–H groups in total. The quantitative estimate of drug-likeness (QED) is 0.873. The Hall–Kier alpha value is -2.16. The Labute approximate surface area is 117 Å². The second kappa shape index (κ2) is 5.45. The smallest absolute Gasteiger partial charge is 0.285 e. The first-order chi connectivity index (χ1) is 9.43. The standard InChI is InChI=1S/C14H18N4O2/c1-8-9(2)17-18(14(20)12(8)6-15)7-13(19)16-10(3)11-4-5-11/h10-11H,4-5,7H2,1-3H3,(H,16,19)/t10-/m1/s1. The van der Waals surface area contributed by atoms with Crippen LogP contribution in [0.15, 0.2) is 4.79 Å². The fraction of sp³-hybridized carbons (Fsp3) is 0.571. The fourth-order valence-corrected chi connectivity index (χ4v) is 2.16. The molecule has 6 nitrogen and oxygen atoms in total. The summed E-state index contributed by atoms with van der Waals surface area (Å²) in [5.41, 5.74) is 0.704. The van der Waals surface area contributed by atoms with Gasteiger partial charge in [0.1, 0.15) is 18.2 Å². The van der Waals surface area contributed by atoms with Gasteiger partial charge in [0.2, 0.25) is 5.91 Å². The molecule has 0 bridgehead atoms. The Morgan fingerprint density at radius 2 is 2.20 bits per heavy atom. The molecule has 0 unspecified atom stereocenters. The fourth-order valence-electron chi connectivity index (χ4n) is 2.16. The van der Waals surface area contributed by atoms with Gasteiger partial charge < -0.3 is 5.32 Å². The summed E-state index contributed by atoms with van der Waals surface area (Å²) >= 11 is 0. The van der Waals surface area contributed by atoms with Crippen molar-refractivity contribution in [1.29, 1.82) is 5.26 Å². The second-order valence-corrected chi connectivity index (χ2v) is 5.35. The third kappa shape index (κ3) is 2.87. The van der Waals surface area contributed by atoms with E-state index in [-0.39, 0.29) is 24.1 Å². The van der Waals surface area contributed by atoms with Crippen molar-refractivity contribution in [3.8, 4) is 6.07 Å². The summed E-state index contributed by atoms with van der Waals surface area (Å²) in [5.74, 6) is 0.309. The number of hydrogen-bond donors (Lipinski definition) is 1. The minimum absolute atomic E-state index is 0.0561. The molecule has 1 aliphatic carbocycles. The van der Waals surface area contributed by atoms with Gasteiger partial charge in [-0.2, -0.15) is 10.4 Å². The molecule has 20 heavy (non-hydrogen) atoms. The number of nitrogens with zero attached hydrogens (tertiary/aromatic N) is 3. The van der Waals surface area contributed by atoms with Gasteiger partial charge in [-0.15, -0.1) is 0 Å². The third-order valence-corrected chi connectivity index (χ3v) is 3.76. The van der Waals surface area contributed by atoms with Gasteiger partial charge in [-0.25, -0.2) is 4.68 Å². The zero-order valence-electron chi connectivity index (χ0n) is 11.9. The molecule has 1 atom stereocenters. The van der Waals surface area contributed by atoms with E-state index in [1.165, 1.54) is 0 Å². The summed E-state index contributed by atoms with van der Waals surface area (Å²) in [5, 5.41) is 16.0. The third-order valence-electron chi connectivity index (χ3n) is 3.76. The van der Waals surface area contributed by atoms with E-state index in [1.807, 2.05) is 13.0 Å². The number of rotatable bonds is 4. The van der Waals surface area contributed by atoms with E-state index in [1.54, 1.807) is 13.8 Å². The molecule has 1 aromatic rings. The number of hydrogen-bond acceptors (Lipinski definition) is 4. The van der Waals surface area contributed by atoms with Gasteiger partial charge in [0.15, 0.2) is 0 Å². The number of aryl methyl sites for hydroxylation is 1. The van der Waals surface area contributed by atoms with Crippen LogP contribution >= 0.6 is 0 Å². The van der Waals surface area contributed by atoms with Crippen LogP contribution in [0.4, 0.5) is 0 Å². The molecule has 0 aliphatic heterocycles. The Bertz CT molecular complexity index is 638. The maximum Gasteiger partial charge on any atom is 0.285 e. The van der Waals surface area contributed by atoms with Gasteiger partial charge >= 0.3 is 0 Å². The van der Waals surface area contributed by atoms with Gasteiger partial charge in [0.25, 0.3) is 5.56 Å². The highest BCUT2D eigenvalue weighted by Gasteiger charge is 2.29. The SMILES string of the molecule is Cc1nn(CC(=O)N[C@H](C)C2CC2)c(=O)c(C#N)c1C. The zero-order chi connectivity index (χ0) is 14.9. The minimum Gasteiger partial charge on any atom is -0.352 e. The molecule has 6 heteroatoms. The maximum absolute atomic E-state index is 12.0. The molecular formula is C14H18N4O2. The van der Waals surface area contributed by atoms with Gasteiger partial charge in [0.05, 0.1) is 5.69 Å². The average Bonchev–Trinajstić information content (AvgIpc) is 3.20. The molecule has 2 rings (SSSR count). The van der Waals surface area contributed by atoms with E-state index >= 15 is 0 Å². The Morgan fingerprint density at radius 1 is 1.55 bits per heavy atom. The number of nitrogens with one attached hydrogen (secondary N) is 1. The first kappa shape index (κ1) is 14.3. The summed E-state index contributed by atoms with van der Waals surface area (Å²) in [6.45, 7) is 5.22. The van der Waals surface area contributed by atoms with Crippen LogP contribution in [-0.4, -0.2) is 21.7 Å². The van der Waals surface area contributed by atoms with Crippen LogP contribution in [0.2, 0.25) is 0 Å². The predicted molar refractivity (Wildman–Crippen MR) is 73.0 cm³/mol. The molecule has 0 spiro atoms. The molecule has 1 aromatic heterocycles. The van der Waals surface area contributed by atoms with Crippen molar-refractivity contribution in [1.82, 2.24) is 15.1 Å². The van der Waals surface area contributed by atoms with E-state index in [9.17, 15) is 9.59 Å². The van der Waals surface area contributed by atoms with E-state index in [0.717, 1.165) is 17.5 Å². The second-order valence-electron chi connectivity index (χ2n) is 5.35. The van der Waals surface area contributed by atoms with Crippen molar-refractivity contribution in [3.63, 3.8) is 0 Å². The average molecular weight is 274 g/mol. The molecule has 0 aromatic carbocycles. The lowest BCUT2D eigenvalue weighted by molar-refractivity contribution is -0.122. The summed E-state index contributed by atoms with van der Waals surface area (Å²) in [7, 11) is 0. The van der Waals surface area contributed by atoms with Crippen molar-refractivity contribution in [2.75, 3.05) is 0 Å². The molecule has 106 valence electrons. The number of aromatic nitrogens is 2. The van der Waals surface area contributed by atoms with E-state index in [2.05, 4.69) is 10.4 Å². The van der Waals surface area contributed by atoms with E-state index < -0.39 is 5.56 Å². The van der Waals surface area contributed by atoms with Gasteiger partial charge in [0, 0.05) is 6.04 Å². The molecule has 1 saturated carbocycles. The van der Waals surface area contributed by atoms with Gasteiger partial charge in [-0.1, -0.05) is 0 Å². The lowest BCUT2D eigenvalue weighted by atomic mass is 10.1. The molecule has 1 fully saturated rings. The van der Waals surface area contributed by atoms with Crippen LogP contribution in [0.25, 0.3) is 0 Å². The first-order valence-corrected chi connectivity index (χ1v) is 6.71. The number of nitriles is 1. The Kier molecular flexibility index (Phi) is 3.89. The van der Waals surface area contributed by atoms with Gasteiger partial charge in [-0.05, 0) is 45.1 Å². The predicted octanol–water partition coefficient (Wildman–Crippen LogP) is 0.647. The largest absolute Gasteiger partial charge is 0.352 e. The van der Waals surface area contributed by atoms with Crippen molar-refractivity contribution >= 4 is 5.91 Å². The lowest BCUT2D eigenvalue weighted by Crippen LogP contribution is -2.40. The maximum atomic E-state index is 12.0. The van der Waals surface area contributed by atoms with E-state index in [4.69, 9.17) is 5.26 Å². The number of amides is 1. The summed E-state index contributed by atoms with van der Waals surface area (Å²) < 4.78 is 1.07. The normalized spacial score (nSPS) is 15.5. The highest BCUT2D eigenvalue weighted by molar-refractivity contribution is 5.76. The van der Waals surface area contributed by atoms with Crippen LogP contribution < -0.4 is 10.9 Å². The van der Waals surface area contributed by atoms with Crippen molar-refractivity contribution < 1.29 is 4.79 Å². The van der Waals surface area contributed by atoms with Crippen LogP contribution in [0, 0.1) is 31.1 Å². The van der Waals surface area contributed by atoms with Crippen molar-refractivity contribution in [2.45, 2.75) is 46.2 Å². The molecule has 1 heterocycles. The number of carbonyl (C=O) groups excluding carboxylic acids is 1. The minimum atomic E-state index is -0.509. The monoisotopic (exact) mass is 274 g/mol. The van der Waals surface area contributed by atoms with Crippen molar-refractivity contribution in [3.05, 3.63) is 27.2 Å². The van der Waals surface area contributed by atoms with Crippen LogP contribution in [0.3, 0.4) is 0 Å². The molecule has 0 saturated heterocycles. The molecule has 1 amide bonds. The molecule has 0 radical (unpaired) electrons. The lowest BCUT2D eigenvalue weighted by Gasteiger charge is -2.14. The summed E-state index contributed by atoms with van der Waals surface area (Å²) in [6.07, 6.45) is 2.28. The van der Waals surface area contributed by atoms with Crippen LogP contribution in [-0.2, 0) is 11.3 Å². The zero-order valence-corrected chi connectivity index (χ0v) is 11.9. The highest BCUT2D eigenvalue weighted by Crippen LogP contribution is 2.32. The van der Waals surface area contributed by atoms with E-state index in [0.29, 0.717) is 17.2 Å². The first-order valence-electron chi connectivity index (χ1n) is 6.71. The van der Waals surface area contributed by atoms with Gasteiger partial charge in [-0.3, -0.25) is 9.59 Å². The molecule has 1 aliphatic rings. The Balaban J connectivity index is 2.17. The molecular weight excluding hydrogens is 256 g/mol. The van der Waals surface area contributed by atoms with Crippen molar-refractivity contribution in [2.24, 2.45) is 5.92 Å². The number of carbonyl (C=O) groups is 1. The Morgan fingerprint density at radius 3 is 2.75 bits per heavy atom. The highest BCUT2D eigenvalue weighted by atomic mass is 16.2. The van der Waals surface area contributed by atoms with Crippen LogP contribution in [0.1, 0.15) is 36.6 Å². The summed E-state index contributed by atoms with van der Waals surface area (Å²) in [4.78, 5) is 23.9.